The predicted molar refractivity (Wildman–Crippen MR) is 90.6 cm³/mol. The number of aromatic nitrogens is 4. The fourth-order valence-corrected chi connectivity index (χ4v) is 2.90. The van der Waals surface area contributed by atoms with Gasteiger partial charge in [-0.2, -0.15) is 10.1 Å². The highest BCUT2D eigenvalue weighted by atomic mass is 35.5. The van der Waals surface area contributed by atoms with E-state index in [2.05, 4.69) is 37.6 Å². The highest BCUT2D eigenvalue weighted by Crippen LogP contribution is 2.25. The van der Waals surface area contributed by atoms with Gasteiger partial charge in [-0.05, 0) is 25.2 Å². The smallest absolute Gasteiger partial charge is 0.276 e. The Hall–Kier alpha value is -2.22. The first-order valence-electron chi connectivity index (χ1n) is 7.77. The molecular weight excluding hydrogens is 328 g/mol. The van der Waals surface area contributed by atoms with Crippen molar-refractivity contribution in [2.75, 3.05) is 26.7 Å². The number of hydrogen-bond acceptors (Lipinski definition) is 6. The lowest BCUT2D eigenvalue weighted by molar-refractivity contribution is 0.190. The minimum absolute atomic E-state index is 0.120. The van der Waals surface area contributed by atoms with Gasteiger partial charge < -0.3 is 9.84 Å². The van der Waals surface area contributed by atoms with Crippen LogP contribution in [0.3, 0.4) is 0 Å². The van der Waals surface area contributed by atoms with Crippen molar-refractivity contribution in [1.82, 2.24) is 30.6 Å². The van der Waals surface area contributed by atoms with Crippen LogP contribution in [0.15, 0.2) is 34.9 Å². The van der Waals surface area contributed by atoms with Crippen LogP contribution in [0.2, 0.25) is 5.02 Å². The maximum Gasteiger partial charge on any atom is 0.276 e. The molecule has 2 aromatic heterocycles. The molecule has 2 N–H and O–H groups in total. The first-order chi connectivity index (χ1) is 11.7. The third kappa shape index (κ3) is 2.93. The number of benzene rings is 1. The van der Waals surface area contributed by atoms with Crippen molar-refractivity contribution in [3.8, 4) is 22.8 Å². The largest absolute Gasteiger partial charge is 0.332 e. The summed E-state index contributed by atoms with van der Waals surface area (Å²) in [5, 5.41) is 15.4. The second-order valence-corrected chi connectivity index (χ2v) is 6.27. The lowest BCUT2D eigenvalue weighted by Gasteiger charge is -2.30. The molecule has 124 valence electrons. The lowest BCUT2D eigenvalue weighted by atomic mass is 10.1. The molecule has 1 aromatic carbocycles. The summed E-state index contributed by atoms with van der Waals surface area (Å²) in [7, 11) is 2.07. The van der Waals surface area contributed by atoms with E-state index in [4.69, 9.17) is 16.1 Å². The van der Waals surface area contributed by atoms with Gasteiger partial charge in [0.1, 0.15) is 5.69 Å². The zero-order chi connectivity index (χ0) is 16.5. The van der Waals surface area contributed by atoms with E-state index in [9.17, 15) is 0 Å². The quantitative estimate of drug-likeness (QED) is 0.759. The molecular formula is C16H17ClN6O. The summed E-state index contributed by atoms with van der Waals surface area (Å²) in [6.07, 6.45) is 0. The first-order valence-corrected chi connectivity index (χ1v) is 8.15. The molecule has 24 heavy (non-hydrogen) atoms. The molecule has 1 unspecified atom stereocenters. The fraction of sp³-hybridized carbons (Fsp3) is 0.312. The summed E-state index contributed by atoms with van der Waals surface area (Å²) >= 11 is 5.92. The van der Waals surface area contributed by atoms with Gasteiger partial charge in [0.05, 0.1) is 11.7 Å². The molecule has 0 aliphatic carbocycles. The second-order valence-electron chi connectivity index (χ2n) is 5.83. The van der Waals surface area contributed by atoms with Gasteiger partial charge in [0, 0.05) is 30.2 Å². The minimum Gasteiger partial charge on any atom is -0.332 e. The maximum atomic E-state index is 5.92. The zero-order valence-electron chi connectivity index (χ0n) is 13.2. The molecule has 8 heteroatoms. The number of aromatic amines is 1. The summed E-state index contributed by atoms with van der Waals surface area (Å²) in [6, 6.07) is 9.52. The van der Waals surface area contributed by atoms with Gasteiger partial charge in [-0.3, -0.25) is 10.00 Å². The highest BCUT2D eigenvalue weighted by Gasteiger charge is 2.25. The fourth-order valence-electron chi connectivity index (χ4n) is 2.77. The van der Waals surface area contributed by atoms with Gasteiger partial charge in [0.25, 0.3) is 5.89 Å². The second kappa shape index (κ2) is 6.35. The number of rotatable bonds is 3. The van der Waals surface area contributed by atoms with Crippen LogP contribution in [-0.4, -0.2) is 51.9 Å². The summed E-state index contributed by atoms with van der Waals surface area (Å²) < 4.78 is 5.41. The molecule has 1 saturated heterocycles. The van der Waals surface area contributed by atoms with Gasteiger partial charge in [-0.25, -0.2) is 0 Å². The predicted octanol–water partition coefficient (Wildman–Crippen LogP) is 2.36. The van der Waals surface area contributed by atoms with Gasteiger partial charge in [0.2, 0.25) is 0 Å². The van der Waals surface area contributed by atoms with Crippen LogP contribution in [0.25, 0.3) is 22.8 Å². The number of H-pyrrole nitrogens is 1. The average Bonchev–Trinajstić information content (AvgIpc) is 3.25. The van der Waals surface area contributed by atoms with E-state index in [1.54, 1.807) is 0 Å². The molecule has 3 aromatic rings. The Morgan fingerprint density at radius 3 is 2.92 bits per heavy atom. The standard InChI is InChI=1S/C16H17ClN6O/c1-23-7-6-18-9-14(23)15-19-16(24-22-15)13-8-12(20-21-13)10-2-4-11(17)5-3-10/h2-5,8,14,18H,6-7,9H2,1H3,(H,20,21). The number of halogens is 1. The van der Waals surface area contributed by atoms with Crippen LogP contribution in [0.4, 0.5) is 0 Å². The van der Waals surface area contributed by atoms with Crippen LogP contribution in [0, 0.1) is 0 Å². The van der Waals surface area contributed by atoms with E-state index in [-0.39, 0.29) is 6.04 Å². The summed E-state index contributed by atoms with van der Waals surface area (Å²) in [6.45, 7) is 2.75. The molecule has 1 aliphatic rings. The number of nitrogens with one attached hydrogen (secondary N) is 2. The Morgan fingerprint density at radius 2 is 2.12 bits per heavy atom. The molecule has 0 spiro atoms. The van der Waals surface area contributed by atoms with Crippen LogP contribution >= 0.6 is 11.6 Å². The van der Waals surface area contributed by atoms with E-state index in [0.29, 0.717) is 22.4 Å². The van der Waals surface area contributed by atoms with E-state index in [1.807, 2.05) is 30.3 Å². The molecule has 1 aliphatic heterocycles. The summed E-state index contributed by atoms with van der Waals surface area (Å²) in [5.41, 5.74) is 2.47. The summed E-state index contributed by atoms with van der Waals surface area (Å²) in [4.78, 5) is 6.74. The Balaban J connectivity index is 1.58. The Bertz CT molecular complexity index is 827. The molecule has 7 nitrogen and oxygen atoms in total. The van der Waals surface area contributed by atoms with E-state index in [1.165, 1.54) is 0 Å². The monoisotopic (exact) mass is 344 g/mol. The van der Waals surface area contributed by atoms with Gasteiger partial charge >= 0.3 is 0 Å². The van der Waals surface area contributed by atoms with Crippen LogP contribution in [0.1, 0.15) is 11.9 Å². The number of piperazine rings is 1. The van der Waals surface area contributed by atoms with E-state index < -0.39 is 0 Å². The normalized spacial score (nSPS) is 18.8. The van der Waals surface area contributed by atoms with E-state index in [0.717, 1.165) is 30.9 Å². The number of nitrogens with zero attached hydrogens (tertiary/aromatic N) is 4. The van der Waals surface area contributed by atoms with Gasteiger partial charge in [0.15, 0.2) is 5.82 Å². The molecule has 4 rings (SSSR count). The van der Waals surface area contributed by atoms with Crippen molar-refractivity contribution in [1.29, 1.82) is 0 Å². The van der Waals surface area contributed by atoms with Crippen LogP contribution in [0.5, 0.6) is 0 Å². The van der Waals surface area contributed by atoms with Gasteiger partial charge in [-0.15, -0.1) is 0 Å². The Kier molecular flexibility index (Phi) is 4.05. The van der Waals surface area contributed by atoms with Crippen LogP contribution < -0.4 is 5.32 Å². The SMILES string of the molecule is CN1CCNCC1c1noc(-c2cc(-c3ccc(Cl)cc3)n[nH]2)n1. The highest BCUT2D eigenvalue weighted by molar-refractivity contribution is 6.30. The maximum absolute atomic E-state index is 5.92. The van der Waals surface area contributed by atoms with Crippen molar-refractivity contribution in [2.24, 2.45) is 0 Å². The Labute approximate surface area is 144 Å². The summed E-state index contributed by atoms with van der Waals surface area (Å²) in [5.74, 6) is 1.12. The minimum atomic E-state index is 0.120. The van der Waals surface area contributed by atoms with Crippen molar-refractivity contribution in [3.63, 3.8) is 0 Å². The van der Waals surface area contributed by atoms with Crippen molar-refractivity contribution in [3.05, 3.63) is 41.2 Å². The van der Waals surface area contributed by atoms with Crippen molar-refractivity contribution < 1.29 is 4.52 Å². The van der Waals surface area contributed by atoms with Crippen molar-refractivity contribution >= 4 is 11.6 Å². The van der Waals surface area contributed by atoms with Crippen LogP contribution in [-0.2, 0) is 0 Å². The number of hydrogen-bond donors (Lipinski definition) is 2. The molecule has 1 fully saturated rings. The molecule has 1 atom stereocenters. The third-order valence-electron chi connectivity index (χ3n) is 4.20. The van der Waals surface area contributed by atoms with Gasteiger partial charge in [-0.1, -0.05) is 28.9 Å². The van der Waals surface area contributed by atoms with Crippen molar-refractivity contribution in [2.45, 2.75) is 6.04 Å². The lowest BCUT2D eigenvalue weighted by Crippen LogP contribution is -2.44. The molecule has 3 heterocycles. The third-order valence-corrected chi connectivity index (χ3v) is 4.45. The number of likely N-dealkylation sites (N-methyl/N-ethyl adjacent to an activating group) is 1. The molecule has 0 radical (unpaired) electrons. The first kappa shape index (κ1) is 15.3. The zero-order valence-corrected chi connectivity index (χ0v) is 13.9. The van der Waals surface area contributed by atoms with E-state index >= 15 is 0 Å². The topological polar surface area (TPSA) is 82.9 Å². The average molecular weight is 345 g/mol. The molecule has 0 saturated carbocycles. The molecule has 0 amide bonds. The molecule has 0 bridgehead atoms. The Morgan fingerprint density at radius 1 is 1.29 bits per heavy atom.